The maximum Gasteiger partial charge on any atom is 0.254 e. The third kappa shape index (κ3) is 3.34. The van der Waals surface area contributed by atoms with E-state index in [-0.39, 0.29) is 5.91 Å². The second-order valence-electron chi connectivity index (χ2n) is 5.29. The number of hydrogen-bond donors (Lipinski definition) is 0. The highest BCUT2D eigenvalue weighted by atomic mass is 79.9. The summed E-state index contributed by atoms with van der Waals surface area (Å²) >= 11 is 5.04. The van der Waals surface area contributed by atoms with Crippen LogP contribution in [0.3, 0.4) is 0 Å². The molecule has 6 nitrogen and oxygen atoms in total. The van der Waals surface area contributed by atoms with E-state index in [2.05, 4.69) is 25.8 Å². The number of anilines is 1. The van der Waals surface area contributed by atoms with Crippen molar-refractivity contribution in [2.45, 2.75) is 0 Å². The van der Waals surface area contributed by atoms with E-state index in [1.807, 2.05) is 10.3 Å². The van der Waals surface area contributed by atoms with Gasteiger partial charge in [-0.2, -0.15) is 0 Å². The first-order valence-corrected chi connectivity index (χ1v) is 9.16. The van der Waals surface area contributed by atoms with E-state index in [9.17, 15) is 4.79 Å². The lowest BCUT2D eigenvalue weighted by Crippen LogP contribution is -2.48. The molecule has 0 spiro atoms. The number of hydrogen-bond acceptors (Lipinski definition) is 6. The number of carbonyl (C=O) groups excluding carboxylic acids is 1. The molecule has 0 saturated carbocycles. The number of amides is 1. The normalized spacial score (nSPS) is 14.6. The van der Waals surface area contributed by atoms with Crippen molar-refractivity contribution in [3.63, 3.8) is 0 Å². The zero-order valence-electron chi connectivity index (χ0n) is 13.5. The SMILES string of the molecule is COc1cc(C(=O)N2CCN(c3nccs3)CC2)cc(OC)c1Br. The highest BCUT2D eigenvalue weighted by molar-refractivity contribution is 9.10. The Hall–Kier alpha value is -1.80. The Morgan fingerprint density at radius 1 is 1.17 bits per heavy atom. The van der Waals surface area contributed by atoms with E-state index in [4.69, 9.17) is 9.47 Å². The number of benzene rings is 1. The Balaban J connectivity index is 1.73. The molecule has 2 heterocycles. The second kappa shape index (κ2) is 7.40. The minimum absolute atomic E-state index is 0.0158. The van der Waals surface area contributed by atoms with Crippen LogP contribution in [0.25, 0.3) is 0 Å². The van der Waals surface area contributed by atoms with Gasteiger partial charge in [0.2, 0.25) is 0 Å². The molecule has 3 rings (SSSR count). The van der Waals surface area contributed by atoms with Crippen molar-refractivity contribution in [1.29, 1.82) is 0 Å². The Morgan fingerprint density at radius 2 is 1.79 bits per heavy atom. The van der Waals surface area contributed by atoms with Gasteiger partial charge in [-0.1, -0.05) is 0 Å². The summed E-state index contributed by atoms with van der Waals surface area (Å²) in [6, 6.07) is 3.48. The van der Waals surface area contributed by atoms with E-state index in [0.29, 0.717) is 34.6 Å². The Kier molecular flexibility index (Phi) is 5.25. The molecule has 0 atom stereocenters. The molecule has 0 aliphatic carbocycles. The first-order chi connectivity index (χ1) is 11.6. The zero-order valence-corrected chi connectivity index (χ0v) is 15.9. The Labute approximate surface area is 153 Å². The summed E-state index contributed by atoms with van der Waals surface area (Å²) < 4.78 is 11.3. The molecule has 128 valence electrons. The molecule has 1 amide bonds. The molecule has 0 radical (unpaired) electrons. The van der Waals surface area contributed by atoms with Gasteiger partial charge >= 0.3 is 0 Å². The molecule has 0 unspecified atom stereocenters. The van der Waals surface area contributed by atoms with Gasteiger partial charge < -0.3 is 19.3 Å². The van der Waals surface area contributed by atoms with Gasteiger partial charge in [0.1, 0.15) is 16.0 Å². The van der Waals surface area contributed by atoms with Crippen LogP contribution in [0.2, 0.25) is 0 Å². The average molecular weight is 412 g/mol. The molecule has 1 aliphatic heterocycles. The van der Waals surface area contributed by atoms with E-state index in [1.165, 1.54) is 0 Å². The molecule has 1 aromatic heterocycles. The fourth-order valence-corrected chi connectivity index (χ4v) is 3.90. The smallest absolute Gasteiger partial charge is 0.254 e. The van der Waals surface area contributed by atoms with Crippen molar-refractivity contribution in [1.82, 2.24) is 9.88 Å². The second-order valence-corrected chi connectivity index (χ2v) is 6.95. The first-order valence-electron chi connectivity index (χ1n) is 7.49. The minimum atomic E-state index is -0.0158. The highest BCUT2D eigenvalue weighted by Crippen LogP contribution is 2.36. The summed E-state index contributed by atoms with van der Waals surface area (Å²) in [6.45, 7) is 2.90. The molecular weight excluding hydrogens is 394 g/mol. The predicted octanol–water partition coefficient (Wildman–Crippen LogP) is 2.89. The maximum absolute atomic E-state index is 12.8. The molecule has 24 heavy (non-hydrogen) atoms. The Bertz CT molecular complexity index is 690. The summed E-state index contributed by atoms with van der Waals surface area (Å²) in [5.41, 5.74) is 0.564. The monoisotopic (exact) mass is 411 g/mol. The van der Waals surface area contributed by atoms with Gasteiger partial charge in [-0.25, -0.2) is 4.98 Å². The van der Waals surface area contributed by atoms with E-state index < -0.39 is 0 Å². The van der Waals surface area contributed by atoms with Gasteiger partial charge in [-0.05, 0) is 28.1 Å². The maximum atomic E-state index is 12.8. The summed E-state index contributed by atoms with van der Waals surface area (Å²) in [6.07, 6.45) is 1.80. The molecular formula is C16H18BrN3O3S. The molecule has 1 saturated heterocycles. The fourth-order valence-electron chi connectivity index (χ4n) is 2.65. The van der Waals surface area contributed by atoms with Crippen LogP contribution in [-0.4, -0.2) is 56.2 Å². The van der Waals surface area contributed by atoms with Crippen LogP contribution in [0.5, 0.6) is 11.5 Å². The van der Waals surface area contributed by atoms with Crippen LogP contribution in [0.1, 0.15) is 10.4 Å². The van der Waals surface area contributed by atoms with Crippen molar-refractivity contribution in [3.05, 3.63) is 33.7 Å². The molecule has 1 aliphatic rings. The summed E-state index contributed by atoms with van der Waals surface area (Å²) in [4.78, 5) is 21.2. The number of nitrogens with zero attached hydrogens (tertiary/aromatic N) is 3. The molecule has 0 bridgehead atoms. The molecule has 1 fully saturated rings. The van der Waals surface area contributed by atoms with Gasteiger partial charge in [0.15, 0.2) is 5.13 Å². The molecule has 1 aromatic carbocycles. The molecule has 8 heteroatoms. The van der Waals surface area contributed by atoms with Crippen molar-refractivity contribution in [2.24, 2.45) is 0 Å². The average Bonchev–Trinajstić information content (AvgIpc) is 3.16. The van der Waals surface area contributed by atoms with Gasteiger partial charge in [-0.3, -0.25) is 4.79 Å². The standard InChI is InChI=1S/C16H18BrN3O3S/c1-22-12-9-11(10-13(23-2)14(12)17)15(21)19-4-6-20(7-5-19)16-18-3-8-24-16/h3,8-10H,4-7H2,1-2H3. The van der Waals surface area contributed by atoms with Crippen LogP contribution >= 0.6 is 27.3 Å². The number of thiazole rings is 1. The lowest BCUT2D eigenvalue weighted by molar-refractivity contribution is 0.0746. The van der Waals surface area contributed by atoms with Crippen molar-refractivity contribution in [2.75, 3.05) is 45.3 Å². The lowest BCUT2D eigenvalue weighted by atomic mass is 10.1. The van der Waals surface area contributed by atoms with Crippen molar-refractivity contribution >= 4 is 38.3 Å². The number of ether oxygens (including phenoxy) is 2. The number of methoxy groups -OCH3 is 2. The van der Waals surface area contributed by atoms with Crippen molar-refractivity contribution < 1.29 is 14.3 Å². The van der Waals surface area contributed by atoms with Crippen LogP contribution in [0, 0.1) is 0 Å². The summed E-state index contributed by atoms with van der Waals surface area (Å²) in [5.74, 6) is 1.15. The third-order valence-corrected chi connectivity index (χ3v) is 5.56. The number of carbonyl (C=O) groups is 1. The van der Waals surface area contributed by atoms with Crippen LogP contribution in [-0.2, 0) is 0 Å². The van der Waals surface area contributed by atoms with Gasteiger partial charge in [-0.15, -0.1) is 11.3 Å². The number of halogens is 1. The zero-order chi connectivity index (χ0) is 17.1. The molecule has 2 aromatic rings. The van der Waals surface area contributed by atoms with Crippen LogP contribution < -0.4 is 14.4 Å². The minimum Gasteiger partial charge on any atom is -0.495 e. The topological polar surface area (TPSA) is 54.9 Å². The van der Waals surface area contributed by atoms with E-state index in [0.717, 1.165) is 18.2 Å². The van der Waals surface area contributed by atoms with Crippen LogP contribution in [0.15, 0.2) is 28.2 Å². The highest BCUT2D eigenvalue weighted by Gasteiger charge is 2.24. The van der Waals surface area contributed by atoms with Crippen LogP contribution in [0.4, 0.5) is 5.13 Å². The summed E-state index contributed by atoms with van der Waals surface area (Å²) in [5, 5.41) is 2.97. The quantitative estimate of drug-likeness (QED) is 0.773. The lowest BCUT2D eigenvalue weighted by Gasteiger charge is -2.34. The van der Waals surface area contributed by atoms with Gasteiger partial charge in [0.05, 0.1) is 14.2 Å². The summed E-state index contributed by atoms with van der Waals surface area (Å²) in [7, 11) is 3.14. The Morgan fingerprint density at radius 3 is 2.29 bits per heavy atom. The van der Waals surface area contributed by atoms with Gasteiger partial charge in [0.25, 0.3) is 5.91 Å². The first kappa shape index (κ1) is 17.0. The number of piperazine rings is 1. The largest absolute Gasteiger partial charge is 0.495 e. The van der Waals surface area contributed by atoms with Gasteiger partial charge in [0, 0.05) is 43.3 Å². The number of rotatable bonds is 4. The predicted molar refractivity (Wildman–Crippen MR) is 97.5 cm³/mol. The van der Waals surface area contributed by atoms with Crippen molar-refractivity contribution in [3.8, 4) is 11.5 Å². The number of aromatic nitrogens is 1. The van der Waals surface area contributed by atoms with E-state index >= 15 is 0 Å². The molecule has 0 N–H and O–H groups in total. The fraction of sp³-hybridized carbons (Fsp3) is 0.375. The third-order valence-electron chi connectivity index (χ3n) is 3.95. The van der Waals surface area contributed by atoms with E-state index in [1.54, 1.807) is 43.9 Å².